The van der Waals surface area contributed by atoms with E-state index in [-0.39, 0.29) is 18.2 Å². The maximum absolute atomic E-state index is 12.5. The number of anilines is 1. The Morgan fingerprint density at radius 1 is 1.04 bits per heavy atom. The molecule has 25 heavy (non-hydrogen) atoms. The zero-order valence-electron chi connectivity index (χ0n) is 14.2. The van der Waals surface area contributed by atoms with Gasteiger partial charge in [-0.15, -0.1) is 0 Å². The van der Waals surface area contributed by atoms with Crippen molar-refractivity contribution in [2.45, 2.75) is 44.1 Å². The normalized spacial score (nSPS) is 32.2. The van der Waals surface area contributed by atoms with Gasteiger partial charge < -0.3 is 20.5 Å². The summed E-state index contributed by atoms with van der Waals surface area (Å²) in [7, 11) is 0. The summed E-state index contributed by atoms with van der Waals surface area (Å²) in [5.74, 6) is 1.82. The Hall–Kier alpha value is -2.24. The molecular weight excluding hydrogens is 320 g/mol. The third kappa shape index (κ3) is 3.57. The van der Waals surface area contributed by atoms with Crippen LogP contribution in [-0.4, -0.2) is 29.3 Å². The molecule has 4 aliphatic rings. The average Bonchev–Trinajstić information content (AvgIpc) is 2.52. The van der Waals surface area contributed by atoms with Crippen LogP contribution in [0.25, 0.3) is 0 Å². The molecule has 5 rings (SSSR count). The predicted molar refractivity (Wildman–Crippen MR) is 92.6 cm³/mol. The number of ether oxygens (including phenoxy) is 1. The third-order valence-corrected chi connectivity index (χ3v) is 5.89. The second-order valence-corrected chi connectivity index (χ2v) is 7.98. The van der Waals surface area contributed by atoms with Crippen molar-refractivity contribution in [3.05, 3.63) is 24.3 Å². The number of hydrogen-bond donors (Lipinski definition) is 3. The molecule has 134 valence electrons. The molecule has 0 aliphatic heterocycles. The summed E-state index contributed by atoms with van der Waals surface area (Å²) in [4.78, 5) is 23.0. The molecule has 0 radical (unpaired) electrons. The fourth-order valence-corrected chi connectivity index (χ4v) is 5.45. The summed E-state index contributed by atoms with van der Waals surface area (Å²) in [5, 5.41) is 14.8. The minimum Gasteiger partial charge on any atom is -0.482 e. The Bertz CT molecular complexity index is 635. The molecule has 3 N–H and O–H groups in total. The zero-order chi connectivity index (χ0) is 17.4. The summed E-state index contributed by atoms with van der Waals surface area (Å²) >= 11 is 0. The molecule has 0 atom stereocenters. The van der Waals surface area contributed by atoms with Crippen LogP contribution in [-0.2, 0) is 4.79 Å². The van der Waals surface area contributed by atoms with Gasteiger partial charge in [-0.3, -0.25) is 0 Å². The van der Waals surface area contributed by atoms with Crippen molar-refractivity contribution < 1.29 is 19.4 Å². The second kappa shape index (κ2) is 6.24. The molecule has 0 unspecified atom stereocenters. The Kier molecular flexibility index (Phi) is 4.06. The summed E-state index contributed by atoms with van der Waals surface area (Å²) in [6, 6.07) is 6.60. The smallest absolute Gasteiger partial charge is 0.341 e. The highest BCUT2D eigenvalue weighted by atomic mass is 16.5. The van der Waals surface area contributed by atoms with Crippen molar-refractivity contribution in [3.63, 3.8) is 0 Å². The van der Waals surface area contributed by atoms with Crippen LogP contribution in [0.2, 0.25) is 0 Å². The van der Waals surface area contributed by atoms with Crippen molar-refractivity contribution in [2.24, 2.45) is 17.8 Å². The fraction of sp³-hybridized carbons (Fsp3) is 0.579. The lowest BCUT2D eigenvalue weighted by molar-refractivity contribution is -0.139. The van der Waals surface area contributed by atoms with Crippen LogP contribution in [0.15, 0.2) is 24.3 Å². The lowest BCUT2D eigenvalue weighted by atomic mass is 9.53. The van der Waals surface area contributed by atoms with E-state index in [0.717, 1.165) is 37.0 Å². The molecule has 0 heterocycles. The molecule has 4 aliphatic carbocycles. The summed E-state index contributed by atoms with van der Waals surface area (Å²) < 4.78 is 5.09. The fourth-order valence-electron chi connectivity index (χ4n) is 5.45. The van der Waals surface area contributed by atoms with Gasteiger partial charge in [-0.25, -0.2) is 9.59 Å². The molecule has 4 saturated carbocycles. The van der Waals surface area contributed by atoms with E-state index in [9.17, 15) is 9.59 Å². The Balaban J connectivity index is 1.34. The number of amides is 2. The van der Waals surface area contributed by atoms with Gasteiger partial charge in [0.05, 0.1) is 0 Å². The number of carbonyl (C=O) groups excluding carboxylic acids is 1. The van der Waals surface area contributed by atoms with Crippen LogP contribution in [0.1, 0.15) is 38.5 Å². The van der Waals surface area contributed by atoms with Gasteiger partial charge >= 0.3 is 12.0 Å². The SMILES string of the molecule is O=C(O)COc1ccc(NC(=O)NC23CC4CC(CC(C4)C2)C3)cc1. The van der Waals surface area contributed by atoms with Crippen molar-refractivity contribution in [1.29, 1.82) is 0 Å². The molecule has 1 aromatic rings. The van der Waals surface area contributed by atoms with E-state index in [4.69, 9.17) is 9.84 Å². The van der Waals surface area contributed by atoms with Gasteiger partial charge in [-0.1, -0.05) is 0 Å². The van der Waals surface area contributed by atoms with Gasteiger partial charge in [0.25, 0.3) is 0 Å². The molecule has 4 bridgehead atoms. The number of carbonyl (C=O) groups is 2. The zero-order valence-corrected chi connectivity index (χ0v) is 14.2. The van der Waals surface area contributed by atoms with E-state index in [1.807, 2.05) is 0 Å². The van der Waals surface area contributed by atoms with Crippen molar-refractivity contribution in [1.82, 2.24) is 5.32 Å². The average molecular weight is 344 g/mol. The van der Waals surface area contributed by atoms with Crippen LogP contribution in [0.4, 0.5) is 10.5 Å². The maximum atomic E-state index is 12.5. The maximum Gasteiger partial charge on any atom is 0.341 e. The minimum absolute atomic E-state index is 0.0105. The van der Waals surface area contributed by atoms with Crippen LogP contribution in [0.3, 0.4) is 0 Å². The third-order valence-electron chi connectivity index (χ3n) is 5.89. The number of carboxylic acid groups (broad SMARTS) is 1. The van der Waals surface area contributed by atoms with Gasteiger partial charge in [0.2, 0.25) is 0 Å². The van der Waals surface area contributed by atoms with Crippen LogP contribution in [0, 0.1) is 17.8 Å². The molecular formula is C19H24N2O4. The van der Waals surface area contributed by atoms with Crippen LogP contribution < -0.4 is 15.4 Å². The highest BCUT2D eigenvalue weighted by molar-refractivity contribution is 5.89. The monoisotopic (exact) mass is 344 g/mol. The molecule has 1 aromatic carbocycles. The predicted octanol–water partition coefficient (Wildman–Crippen LogP) is 3.24. The first kappa shape index (κ1) is 16.2. The van der Waals surface area contributed by atoms with E-state index in [1.165, 1.54) is 19.3 Å². The summed E-state index contributed by atoms with van der Waals surface area (Å²) in [6.45, 7) is -0.376. The molecule has 0 spiro atoms. The van der Waals surface area contributed by atoms with Crippen molar-refractivity contribution >= 4 is 17.7 Å². The number of nitrogens with one attached hydrogen (secondary N) is 2. The number of rotatable bonds is 5. The summed E-state index contributed by atoms with van der Waals surface area (Å²) in [6.07, 6.45) is 7.40. The standard InChI is InChI=1S/C19H24N2O4/c22-17(23)11-25-16-3-1-15(2-4-16)20-18(24)21-19-8-12-5-13(9-19)7-14(6-12)10-19/h1-4,12-14H,5-11H2,(H,22,23)(H2,20,21,24). The van der Waals surface area contributed by atoms with E-state index >= 15 is 0 Å². The van der Waals surface area contributed by atoms with Crippen LogP contribution in [0.5, 0.6) is 5.75 Å². The first-order chi connectivity index (χ1) is 12.0. The van der Waals surface area contributed by atoms with Crippen molar-refractivity contribution in [3.8, 4) is 5.75 Å². The van der Waals surface area contributed by atoms with Gasteiger partial charge in [0, 0.05) is 11.2 Å². The molecule has 2 amide bonds. The molecule has 6 nitrogen and oxygen atoms in total. The van der Waals surface area contributed by atoms with Gasteiger partial charge in [-0.2, -0.15) is 0 Å². The minimum atomic E-state index is -1.02. The number of benzene rings is 1. The molecule has 6 heteroatoms. The van der Waals surface area contributed by atoms with E-state index in [0.29, 0.717) is 11.4 Å². The van der Waals surface area contributed by atoms with E-state index < -0.39 is 5.97 Å². The van der Waals surface area contributed by atoms with Gasteiger partial charge in [-0.05, 0) is 80.5 Å². The second-order valence-electron chi connectivity index (χ2n) is 7.98. The molecule has 0 saturated heterocycles. The lowest BCUT2D eigenvalue weighted by Gasteiger charge is -2.56. The Morgan fingerprint density at radius 3 is 2.12 bits per heavy atom. The highest BCUT2D eigenvalue weighted by Crippen LogP contribution is 2.55. The largest absolute Gasteiger partial charge is 0.482 e. The first-order valence-electron chi connectivity index (χ1n) is 9.03. The highest BCUT2D eigenvalue weighted by Gasteiger charge is 2.51. The van der Waals surface area contributed by atoms with Gasteiger partial charge in [0.1, 0.15) is 5.75 Å². The number of urea groups is 1. The summed E-state index contributed by atoms with van der Waals surface area (Å²) in [5.41, 5.74) is 0.661. The molecule has 4 fully saturated rings. The lowest BCUT2D eigenvalue weighted by Crippen LogP contribution is -2.60. The number of hydrogen-bond acceptors (Lipinski definition) is 3. The van der Waals surface area contributed by atoms with E-state index in [2.05, 4.69) is 10.6 Å². The van der Waals surface area contributed by atoms with E-state index in [1.54, 1.807) is 24.3 Å². The Morgan fingerprint density at radius 2 is 1.60 bits per heavy atom. The van der Waals surface area contributed by atoms with Crippen molar-refractivity contribution in [2.75, 3.05) is 11.9 Å². The van der Waals surface area contributed by atoms with Crippen LogP contribution >= 0.6 is 0 Å². The number of carboxylic acids is 1. The van der Waals surface area contributed by atoms with Gasteiger partial charge in [0.15, 0.2) is 6.61 Å². The topological polar surface area (TPSA) is 87.7 Å². The molecule has 0 aromatic heterocycles. The number of aliphatic carboxylic acids is 1. The Labute approximate surface area is 146 Å². The quantitative estimate of drug-likeness (QED) is 0.765. The first-order valence-corrected chi connectivity index (χ1v) is 9.03.